The summed E-state index contributed by atoms with van der Waals surface area (Å²) < 4.78 is 0. The van der Waals surface area contributed by atoms with Crippen LogP contribution in [0.25, 0.3) is 0 Å². The van der Waals surface area contributed by atoms with Crippen LogP contribution in [0.15, 0.2) is 41.4 Å². The Morgan fingerprint density at radius 2 is 2.00 bits per heavy atom. The number of hydrogen-bond acceptors (Lipinski definition) is 3. The van der Waals surface area contributed by atoms with Gasteiger partial charge in [-0.05, 0) is 50.6 Å². The fourth-order valence-corrected chi connectivity index (χ4v) is 3.22. The number of ketones is 1. The van der Waals surface area contributed by atoms with Crippen LogP contribution in [0, 0.1) is 13.8 Å². The second kappa shape index (κ2) is 6.42. The van der Waals surface area contributed by atoms with Crippen molar-refractivity contribution in [2.75, 3.05) is 0 Å². The van der Waals surface area contributed by atoms with Gasteiger partial charge in [0.1, 0.15) is 0 Å². The van der Waals surface area contributed by atoms with Crippen molar-refractivity contribution in [2.24, 2.45) is 0 Å². The molecule has 0 N–H and O–H groups in total. The molecule has 0 spiro atoms. The maximum atomic E-state index is 12.4. The van der Waals surface area contributed by atoms with Crippen LogP contribution in [-0.2, 0) is 0 Å². The van der Waals surface area contributed by atoms with Gasteiger partial charge in [-0.25, -0.2) is 4.98 Å². The van der Waals surface area contributed by atoms with Crippen LogP contribution in [0.3, 0.4) is 0 Å². The SMILES string of the molecule is Cc1cc(C)nc(SC(C)C(=O)c2cccc(Cl)c2)c1. The first-order valence-corrected chi connectivity index (χ1v) is 7.63. The highest BCUT2D eigenvalue weighted by atomic mass is 35.5. The standard InChI is InChI=1S/C16H16ClNOS/c1-10-7-11(2)18-15(8-10)20-12(3)16(19)13-5-4-6-14(17)9-13/h4-9,12H,1-3H3. The number of aryl methyl sites for hydroxylation is 2. The molecule has 1 atom stereocenters. The molecule has 1 heterocycles. The predicted molar refractivity (Wildman–Crippen MR) is 84.8 cm³/mol. The van der Waals surface area contributed by atoms with E-state index < -0.39 is 0 Å². The lowest BCUT2D eigenvalue weighted by atomic mass is 10.1. The van der Waals surface area contributed by atoms with Gasteiger partial charge in [0.25, 0.3) is 0 Å². The second-order valence-electron chi connectivity index (χ2n) is 4.76. The lowest BCUT2D eigenvalue weighted by Crippen LogP contribution is -2.13. The van der Waals surface area contributed by atoms with Crippen molar-refractivity contribution in [3.8, 4) is 0 Å². The summed E-state index contributed by atoms with van der Waals surface area (Å²) in [6.45, 7) is 5.88. The zero-order valence-corrected chi connectivity index (χ0v) is 13.3. The quantitative estimate of drug-likeness (QED) is 0.605. The highest BCUT2D eigenvalue weighted by molar-refractivity contribution is 8.00. The molecule has 0 bridgehead atoms. The Kier molecular flexibility index (Phi) is 4.84. The van der Waals surface area contributed by atoms with Crippen molar-refractivity contribution < 1.29 is 4.79 Å². The van der Waals surface area contributed by atoms with Gasteiger partial charge in [0.15, 0.2) is 5.78 Å². The largest absolute Gasteiger partial charge is 0.293 e. The minimum atomic E-state index is -0.192. The molecule has 0 amide bonds. The molecule has 0 aliphatic heterocycles. The molecule has 20 heavy (non-hydrogen) atoms. The average Bonchev–Trinajstić information content (AvgIpc) is 2.36. The smallest absolute Gasteiger partial charge is 0.175 e. The third kappa shape index (κ3) is 3.84. The predicted octanol–water partition coefficient (Wildman–Crippen LogP) is 4.72. The normalized spacial score (nSPS) is 12.2. The number of thioether (sulfide) groups is 1. The fourth-order valence-electron chi connectivity index (χ4n) is 1.98. The minimum absolute atomic E-state index is 0.0680. The number of hydrogen-bond donors (Lipinski definition) is 0. The molecule has 0 aliphatic rings. The van der Waals surface area contributed by atoms with Gasteiger partial charge in [-0.15, -0.1) is 0 Å². The lowest BCUT2D eigenvalue weighted by molar-refractivity contribution is 0.0994. The van der Waals surface area contributed by atoms with Crippen LogP contribution in [0.5, 0.6) is 0 Å². The van der Waals surface area contributed by atoms with Gasteiger partial charge in [0.2, 0.25) is 0 Å². The zero-order valence-electron chi connectivity index (χ0n) is 11.7. The number of rotatable bonds is 4. The zero-order chi connectivity index (χ0) is 14.7. The van der Waals surface area contributed by atoms with Crippen LogP contribution in [0.1, 0.15) is 28.5 Å². The number of halogens is 1. The van der Waals surface area contributed by atoms with Crippen LogP contribution in [0.2, 0.25) is 5.02 Å². The van der Waals surface area contributed by atoms with E-state index in [1.54, 1.807) is 24.3 Å². The molecule has 0 aliphatic carbocycles. The topological polar surface area (TPSA) is 30.0 Å². The van der Waals surface area contributed by atoms with E-state index in [1.807, 2.05) is 32.9 Å². The summed E-state index contributed by atoms with van der Waals surface area (Å²) in [5.41, 5.74) is 2.76. The molecule has 4 heteroatoms. The molecule has 2 aromatic rings. The summed E-state index contributed by atoms with van der Waals surface area (Å²) in [5.74, 6) is 0.0680. The molecule has 0 radical (unpaired) electrons. The summed E-state index contributed by atoms with van der Waals surface area (Å²) in [5, 5.41) is 1.27. The molecule has 0 saturated carbocycles. The Bertz CT molecular complexity index is 622. The van der Waals surface area contributed by atoms with Crippen LogP contribution >= 0.6 is 23.4 Å². The van der Waals surface area contributed by atoms with Crippen LogP contribution < -0.4 is 0 Å². The number of carbonyl (C=O) groups excluding carboxylic acids is 1. The van der Waals surface area contributed by atoms with Crippen molar-refractivity contribution in [1.82, 2.24) is 4.98 Å². The molecule has 2 rings (SSSR count). The van der Waals surface area contributed by atoms with Gasteiger partial charge in [-0.3, -0.25) is 4.79 Å². The van der Waals surface area contributed by atoms with Gasteiger partial charge in [-0.1, -0.05) is 35.5 Å². The van der Waals surface area contributed by atoms with E-state index in [0.717, 1.165) is 16.3 Å². The van der Waals surface area contributed by atoms with E-state index in [9.17, 15) is 4.79 Å². The maximum Gasteiger partial charge on any atom is 0.175 e. The Labute approximate surface area is 128 Å². The van der Waals surface area contributed by atoms with E-state index in [4.69, 9.17) is 11.6 Å². The van der Waals surface area contributed by atoms with E-state index in [2.05, 4.69) is 4.98 Å². The summed E-state index contributed by atoms with van der Waals surface area (Å²) in [4.78, 5) is 16.8. The molecule has 2 nitrogen and oxygen atoms in total. The van der Waals surface area contributed by atoms with Crippen molar-refractivity contribution in [1.29, 1.82) is 0 Å². The Morgan fingerprint density at radius 3 is 2.65 bits per heavy atom. The van der Waals surface area contributed by atoms with Crippen LogP contribution in [-0.4, -0.2) is 16.0 Å². The first-order chi connectivity index (χ1) is 9.45. The lowest BCUT2D eigenvalue weighted by Gasteiger charge is -2.11. The van der Waals surface area contributed by atoms with Gasteiger partial charge in [-0.2, -0.15) is 0 Å². The van der Waals surface area contributed by atoms with Gasteiger partial charge < -0.3 is 0 Å². The molecule has 0 saturated heterocycles. The summed E-state index contributed by atoms with van der Waals surface area (Å²) >= 11 is 7.40. The molecule has 1 unspecified atom stereocenters. The number of Topliss-reactive ketones (excluding diaryl/α,β-unsaturated/α-hetero) is 1. The summed E-state index contributed by atoms with van der Waals surface area (Å²) in [6, 6.07) is 11.1. The number of aromatic nitrogens is 1. The van der Waals surface area contributed by atoms with Gasteiger partial charge in [0, 0.05) is 16.3 Å². The third-order valence-corrected chi connectivity index (χ3v) is 4.10. The van der Waals surface area contributed by atoms with E-state index >= 15 is 0 Å². The Balaban J connectivity index is 2.15. The maximum absolute atomic E-state index is 12.4. The third-order valence-electron chi connectivity index (χ3n) is 2.85. The number of benzene rings is 1. The van der Waals surface area contributed by atoms with E-state index in [1.165, 1.54) is 11.8 Å². The molecular weight excluding hydrogens is 290 g/mol. The molecule has 104 valence electrons. The van der Waals surface area contributed by atoms with Crippen molar-refractivity contribution in [3.05, 3.63) is 58.2 Å². The van der Waals surface area contributed by atoms with Crippen LogP contribution in [0.4, 0.5) is 0 Å². The molecule has 0 fully saturated rings. The first kappa shape index (κ1) is 15.1. The van der Waals surface area contributed by atoms with E-state index in [-0.39, 0.29) is 11.0 Å². The summed E-state index contributed by atoms with van der Waals surface area (Å²) in [6.07, 6.45) is 0. The molecular formula is C16H16ClNOS. The van der Waals surface area contributed by atoms with Crippen molar-refractivity contribution in [2.45, 2.75) is 31.0 Å². The van der Waals surface area contributed by atoms with E-state index in [0.29, 0.717) is 10.6 Å². The first-order valence-electron chi connectivity index (χ1n) is 6.37. The van der Waals surface area contributed by atoms with Gasteiger partial charge >= 0.3 is 0 Å². The highest BCUT2D eigenvalue weighted by Gasteiger charge is 2.17. The monoisotopic (exact) mass is 305 g/mol. The molecule has 1 aromatic carbocycles. The number of carbonyl (C=O) groups is 1. The minimum Gasteiger partial charge on any atom is -0.293 e. The van der Waals surface area contributed by atoms with Crippen molar-refractivity contribution in [3.63, 3.8) is 0 Å². The second-order valence-corrected chi connectivity index (χ2v) is 6.56. The average molecular weight is 306 g/mol. The highest BCUT2D eigenvalue weighted by Crippen LogP contribution is 2.25. The Morgan fingerprint density at radius 1 is 1.25 bits per heavy atom. The summed E-state index contributed by atoms with van der Waals surface area (Å²) in [7, 11) is 0. The number of pyridine rings is 1. The number of nitrogens with zero attached hydrogens (tertiary/aromatic N) is 1. The van der Waals surface area contributed by atoms with Crippen molar-refractivity contribution >= 4 is 29.1 Å². The Hall–Kier alpha value is -1.32. The fraction of sp³-hybridized carbons (Fsp3) is 0.250. The molecule has 1 aromatic heterocycles. The van der Waals surface area contributed by atoms with Gasteiger partial charge in [0.05, 0.1) is 10.3 Å².